The topological polar surface area (TPSA) is 87.4 Å². The Balaban J connectivity index is 0.00000264. The summed E-state index contributed by atoms with van der Waals surface area (Å²) in [6, 6.07) is 0.276. The van der Waals surface area contributed by atoms with Gasteiger partial charge in [0.1, 0.15) is 11.6 Å². The molecule has 0 radical (unpaired) electrons. The van der Waals surface area contributed by atoms with Crippen LogP contribution in [0, 0.1) is 6.92 Å². The first-order valence-electron chi connectivity index (χ1n) is 8.11. The van der Waals surface area contributed by atoms with Crippen LogP contribution in [0.2, 0.25) is 0 Å². The summed E-state index contributed by atoms with van der Waals surface area (Å²) in [5.41, 5.74) is -0.759. The van der Waals surface area contributed by atoms with Crippen LogP contribution in [0.4, 0.5) is 0 Å². The van der Waals surface area contributed by atoms with E-state index in [4.69, 9.17) is 0 Å². The molecule has 0 aromatic carbocycles. The number of fused-ring (bicyclic) bond motifs is 1. The highest BCUT2D eigenvalue weighted by Gasteiger charge is 2.22. The van der Waals surface area contributed by atoms with Crippen LogP contribution >= 0.6 is 24.0 Å². The monoisotopic (exact) mass is 436 g/mol. The van der Waals surface area contributed by atoms with E-state index in [2.05, 4.69) is 25.7 Å². The minimum absolute atomic E-state index is 0. The second-order valence-corrected chi connectivity index (χ2v) is 6.18. The van der Waals surface area contributed by atoms with Gasteiger partial charge in [0.05, 0.1) is 18.7 Å². The maximum absolute atomic E-state index is 10.1. The van der Waals surface area contributed by atoms with Crippen LogP contribution in [0.25, 0.3) is 0 Å². The Bertz CT molecular complexity index is 528. The van der Waals surface area contributed by atoms with Gasteiger partial charge in [-0.2, -0.15) is 5.10 Å². The average molecular weight is 436 g/mol. The third kappa shape index (κ3) is 5.91. The lowest BCUT2D eigenvalue weighted by Crippen LogP contribution is -2.47. The van der Waals surface area contributed by atoms with E-state index in [1.165, 1.54) is 0 Å². The Morgan fingerprint density at radius 3 is 2.87 bits per heavy atom. The number of aliphatic imine (C=N–C) groups is 1. The van der Waals surface area contributed by atoms with E-state index in [0.29, 0.717) is 13.0 Å². The zero-order valence-electron chi connectivity index (χ0n) is 14.5. The van der Waals surface area contributed by atoms with Crippen LogP contribution in [0.15, 0.2) is 4.99 Å². The molecule has 3 N–H and O–H groups in total. The van der Waals surface area contributed by atoms with E-state index >= 15 is 0 Å². The third-order valence-corrected chi connectivity index (χ3v) is 3.99. The van der Waals surface area contributed by atoms with Crippen LogP contribution in [-0.2, 0) is 13.0 Å². The first-order valence-corrected chi connectivity index (χ1v) is 8.11. The summed E-state index contributed by atoms with van der Waals surface area (Å²) < 4.78 is 1.97. The molecule has 7 nitrogen and oxygen atoms in total. The minimum atomic E-state index is -0.759. The van der Waals surface area contributed by atoms with Gasteiger partial charge in [-0.15, -0.1) is 24.0 Å². The minimum Gasteiger partial charge on any atom is -0.388 e. The maximum Gasteiger partial charge on any atom is 0.191 e. The van der Waals surface area contributed by atoms with Crippen LogP contribution in [0.5, 0.6) is 0 Å². The number of hydrogen-bond acceptors (Lipinski definition) is 4. The normalized spacial score (nSPS) is 20.2. The van der Waals surface area contributed by atoms with Gasteiger partial charge >= 0.3 is 0 Å². The standard InChI is InChI=1S/C15H28N6O.HI/c1-5-15(4,22)10-17-14(16-6-2)19-12-7-8-13-18-11(3)20-21(13)9-12;/h12,22H,5-10H2,1-4H3,(H2,16,17,19);1H. The Kier molecular flexibility index (Phi) is 7.72. The number of aromatic nitrogens is 3. The Morgan fingerprint density at radius 1 is 1.48 bits per heavy atom. The maximum atomic E-state index is 10.1. The van der Waals surface area contributed by atoms with Crippen molar-refractivity contribution in [2.24, 2.45) is 4.99 Å². The number of nitrogens with one attached hydrogen (secondary N) is 2. The molecule has 1 aliphatic heterocycles. The van der Waals surface area contributed by atoms with Crippen molar-refractivity contribution in [2.75, 3.05) is 13.1 Å². The summed E-state index contributed by atoms with van der Waals surface area (Å²) >= 11 is 0. The van der Waals surface area contributed by atoms with Crippen molar-refractivity contribution in [1.82, 2.24) is 25.4 Å². The Labute approximate surface area is 155 Å². The lowest BCUT2D eigenvalue weighted by atomic mass is 10.0. The number of rotatable bonds is 5. The summed E-state index contributed by atoms with van der Waals surface area (Å²) in [5.74, 6) is 2.64. The van der Waals surface area contributed by atoms with Crippen LogP contribution in [-0.4, -0.2) is 50.6 Å². The quantitative estimate of drug-likeness (QED) is 0.367. The molecule has 0 fully saturated rings. The highest BCUT2D eigenvalue weighted by molar-refractivity contribution is 14.0. The van der Waals surface area contributed by atoms with E-state index < -0.39 is 5.60 Å². The van der Waals surface area contributed by atoms with E-state index in [1.54, 1.807) is 0 Å². The number of aliphatic hydroxyl groups is 1. The summed E-state index contributed by atoms with van der Waals surface area (Å²) in [6.45, 7) is 9.71. The Morgan fingerprint density at radius 2 is 2.22 bits per heavy atom. The van der Waals surface area contributed by atoms with Crippen molar-refractivity contribution >= 4 is 29.9 Å². The summed E-state index contributed by atoms with van der Waals surface area (Å²) in [4.78, 5) is 8.94. The molecule has 132 valence electrons. The van der Waals surface area contributed by atoms with Crippen LogP contribution in [0.1, 0.15) is 45.3 Å². The summed E-state index contributed by atoms with van der Waals surface area (Å²) in [6.07, 6.45) is 2.61. The number of nitrogens with zero attached hydrogens (tertiary/aromatic N) is 4. The molecule has 2 unspecified atom stereocenters. The smallest absolute Gasteiger partial charge is 0.191 e. The average Bonchev–Trinajstić information content (AvgIpc) is 2.84. The molecule has 2 rings (SSSR count). The van der Waals surface area contributed by atoms with Crippen molar-refractivity contribution in [3.05, 3.63) is 11.6 Å². The second-order valence-electron chi connectivity index (χ2n) is 6.18. The molecule has 0 bridgehead atoms. The fraction of sp³-hybridized carbons (Fsp3) is 0.800. The fourth-order valence-corrected chi connectivity index (χ4v) is 2.43. The highest BCUT2D eigenvalue weighted by Crippen LogP contribution is 2.13. The summed E-state index contributed by atoms with van der Waals surface area (Å²) in [5, 5.41) is 21.2. The SMILES string of the molecule is CCNC(=NCC(C)(O)CC)NC1CCc2nc(C)nn2C1.I. The zero-order valence-corrected chi connectivity index (χ0v) is 16.8. The molecule has 0 spiro atoms. The van der Waals surface area contributed by atoms with Gasteiger partial charge in [0.15, 0.2) is 5.96 Å². The highest BCUT2D eigenvalue weighted by atomic mass is 127. The predicted molar refractivity (Wildman–Crippen MR) is 102 cm³/mol. The van der Waals surface area contributed by atoms with E-state index in [-0.39, 0.29) is 30.0 Å². The van der Waals surface area contributed by atoms with Crippen molar-refractivity contribution in [3.8, 4) is 0 Å². The van der Waals surface area contributed by atoms with E-state index in [9.17, 15) is 5.11 Å². The van der Waals surface area contributed by atoms with Gasteiger partial charge < -0.3 is 15.7 Å². The van der Waals surface area contributed by atoms with Gasteiger partial charge in [0.2, 0.25) is 0 Å². The van der Waals surface area contributed by atoms with Crippen molar-refractivity contribution in [3.63, 3.8) is 0 Å². The van der Waals surface area contributed by atoms with Gasteiger partial charge in [0.25, 0.3) is 0 Å². The first kappa shape index (κ1) is 20.1. The first-order chi connectivity index (χ1) is 10.4. The van der Waals surface area contributed by atoms with E-state index in [0.717, 1.165) is 43.5 Å². The lowest BCUT2D eigenvalue weighted by molar-refractivity contribution is 0.0656. The fourth-order valence-electron chi connectivity index (χ4n) is 2.43. The molecule has 23 heavy (non-hydrogen) atoms. The van der Waals surface area contributed by atoms with Gasteiger partial charge in [-0.3, -0.25) is 4.99 Å². The number of hydrogen-bond donors (Lipinski definition) is 3. The lowest BCUT2D eigenvalue weighted by Gasteiger charge is -2.26. The molecular weight excluding hydrogens is 407 g/mol. The van der Waals surface area contributed by atoms with Crippen LogP contribution in [0.3, 0.4) is 0 Å². The molecule has 2 atom stereocenters. The molecule has 2 heterocycles. The molecule has 8 heteroatoms. The van der Waals surface area contributed by atoms with Gasteiger partial charge in [-0.25, -0.2) is 9.67 Å². The molecule has 0 saturated carbocycles. The predicted octanol–water partition coefficient (Wildman–Crippen LogP) is 1.24. The molecule has 1 aliphatic rings. The van der Waals surface area contributed by atoms with E-state index in [1.807, 2.05) is 32.4 Å². The van der Waals surface area contributed by atoms with Gasteiger partial charge in [-0.1, -0.05) is 6.92 Å². The molecule has 0 amide bonds. The third-order valence-electron chi connectivity index (χ3n) is 3.99. The molecule has 0 aliphatic carbocycles. The Hall–Kier alpha value is -0.900. The zero-order chi connectivity index (χ0) is 16.2. The van der Waals surface area contributed by atoms with Gasteiger partial charge in [0, 0.05) is 19.0 Å². The largest absolute Gasteiger partial charge is 0.388 e. The molecular formula is C15H29IN6O. The van der Waals surface area contributed by atoms with Crippen molar-refractivity contribution in [2.45, 2.75) is 65.1 Å². The number of aryl methyl sites for hydroxylation is 2. The molecule has 1 aromatic rings. The van der Waals surface area contributed by atoms with Crippen LogP contribution < -0.4 is 10.6 Å². The number of guanidine groups is 1. The summed E-state index contributed by atoms with van der Waals surface area (Å²) in [7, 11) is 0. The second kappa shape index (κ2) is 8.81. The number of halogens is 1. The van der Waals surface area contributed by atoms with Crippen molar-refractivity contribution < 1.29 is 5.11 Å². The molecule has 0 saturated heterocycles. The molecule has 1 aromatic heterocycles. The van der Waals surface area contributed by atoms with Crippen molar-refractivity contribution in [1.29, 1.82) is 0 Å². The van der Waals surface area contributed by atoms with Gasteiger partial charge in [-0.05, 0) is 33.6 Å².